The van der Waals surface area contributed by atoms with Crippen LogP contribution in [0.15, 0.2) is 75.8 Å². The molecule has 0 aromatic heterocycles. The van der Waals surface area contributed by atoms with Gasteiger partial charge in [0.1, 0.15) is 0 Å². The number of esters is 1. The number of nitro benzene ring substituents is 1. The van der Waals surface area contributed by atoms with Gasteiger partial charge < -0.3 is 4.74 Å². The summed E-state index contributed by atoms with van der Waals surface area (Å²) in [5.41, 5.74) is 1.69. The van der Waals surface area contributed by atoms with Crippen molar-refractivity contribution in [3.05, 3.63) is 92.1 Å². The van der Waals surface area contributed by atoms with Crippen LogP contribution in [0.1, 0.15) is 11.1 Å². The molecule has 6 nitrogen and oxygen atoms in total. The Balaban J connectivity index is 1.75. The zero-order valence-corrected chi connectivity index (χ0v) is 14.3. The second-order valence-corrected chi connectivity index (χ2v) is 5.99. The van der Waals surface area contributed by atoms with Gasteiger partial charge in [0, 0.05) is 22.2 Å². The Morgan fingerprint density at radius 3 is 2.40 bits per heavy atom. The first-order valence-corrected chi connectivity index (χ1v) is 8.02. The van der Waals surface area contributed by atoms with Crippen molar-refractivity contribution in [1.82, 2.24) is 0 Å². The molecule has 0 aliphatic carbocycles. The molecule has 7 heteroatoms. The van der Waals surface area contributed by atoms with Crippen LogP contribution in [0.2, 0.25) is 0 Å². The molecule has 0 N–H and O–H groups in total. The SMILES string of the molecule is O=C1OC(c2ccc(Br)cc2)=N/C1=C/C=C/c1ccc([N+](=O)[O-])cc1. The highest BCUT2D eigenvalue weighted by Gasteiger charge is 2.23. The predicted octanol–water partition coefficient (Wildman–Crippen LogP) is 4.26. The van der Waals surface area contributed by atoms with Gasteiger partial charge in [0.2, 0.25) is 5.90 Å². The molecular formula is C18H11BrN2O4. The van der Waals surface area contributed by atoms with Crippen molar-refractivity contribution in [3.63, 3.8) is 0 Å². The van der Waals surface area contributed by atoms with Crippen LogP contribution in [0.3, 0.4) is 0 Å². The minimum absolute atomic E-state index is 0.0265. The molecule has 0 bridgehead atoms. The van der Waals surface area contributed by atoms with Crippen molar-refractivity contribution in [1.29, 1.82) is 0 Å². The van der Waals surface area contributed by atoms with E-state index in [1.807, 2.05) is 12.1 Å². The van der Waals surface area contributed by atoms with E-state index in [4.69, 9.17) is 4.74 Å². The maximum atomic E-state index is 11.9. The average molecular weight is 399 g/mol. The first kappa shape index (κ1) is 16.8. The second-order valence-electron chi connectivity index (χ2n) is 5.07. The molecule has 1 heterocycles. The molecule has 1 aliphatic heterocycles. The zero-order valence-electron chi connectivity index (χ0n) is 12.8. The summed E-state index contributed by atoms with van der Waals surface area (Å²) in [6.07, 6.45) is 4.90. The molecule has 0 saturated carbocycles. The Labute approximate surface area is 151 Å². The van der Waals surface area contributed by atoms with Crippen LogP contribution in [-0.2, 0) is 9.53 Å². The molecule has 0 atom stereocenters. The van der Waals surface area contributed by atoms with E-state index in [1.165, 1.54) is 18.2 Å². The molecule has 0 amide bonds. The first-order chi connectivity index (χ1) is 12.0. The van der Waals surface area contributed by atoms with Crippen molar-refractivity contribution >= 4 is 39.6 Å². The van der Waals surface area contributed by atoms with E-state index in [9.17, 15) is 14.9 Å². The summed E-state index contributed by atoms with van der Waals surface area (Å²) in [7, 11) is 0. The Bertz CT molecular complexity index is 913. The van der Waals surface area contributed by atoms with E-state index < -0.39 is 10.9 Å². The molecule has 0 radical (unpaired) electrons. The van der Waals surface area contributed by atoms with Gasteiger partial charge >= 0.3 is 5.97 Å². The van der Waals surface area contributed by atoms with Crippen LogP contribution >= 0.6 is 15.9 Å². The fourth-order valence-corrected chi connectivity index (χ4v) is 2.36. The molecule has 0 fully saturated rings. The highest BCUT2D eigenvalue weighted by molar-refractivity contribution is 9.10. The standard InChI is InChI=1S/C18H11BrN2O4/c19-14-8-6-13(7-9-14)17-20-16(18(22)25-17)3-1-2-12-4-10-15(11-5-12)21(23)24/h1-11H/b2-1+,16-3+. The van der Waals surface area contributed by atoms with E-state index >= 15 is 0 Å². The predicted molar refractivity (Wildman–Crippen MR) is 97.0 cm³/mol. The molecule has 0 unspecified atom stereocenters. The van der Waals surface area contributed by atoms with Crippen LogP contribution in [0.5, 0.6) is 0 Å². The van der Waals surface area contributed by atoms with Crippen molar-refractivity contribution in [2.45, 2.75) is 0 Å². The van der Waals surface area contributed by atoms with Gasteiger partial charge in [-0.15, -0.1) is 0 Å². The van der Waals surface area contributed by atoms with E-state index in [-0.39, 0.29) is 17.3 Å². The van der Waals surface area contributed by atoms with Crippen LogP contribution in [0.4, 0.5) is 5.69 Å². The Kier molecular flexibility index (Phi) is 4.85. The zero-order chi connectivity index (χ0) is 17.8. The maximum absolute atomic E-state index is 11.9. The van der Waals surface area contributed by atoms with Crippen molar-refractivity contribution in [3.8, 4) is 0 Å². The lowest BCUT2D eigenvalue weighted by Crippen LogP contribution is -2.04. The number of nitro groups is 1. The number of hydrogen-bond acceptors (Lipinski definition) is 5. The van der Waals surface area contributed by atoms with Gasteiger partial charge in [0.05, 0.1) is 4.92 Å². The average Bonchev–Trinajstić information content (AvgIpc) is 2.97. The monoisotopic (exact) mass is 398 g/mol. The molecule has 0 saturated heterocycles. The van der Waals surface area contributed by atoms with Gasteiger partial charge in [-0.2, -0.15) is 0 Å². The highest BCUT2D eigenvalue weighted by atomic mass is 79.9. The number of rotatable bonds is 4. The summed E-state index contributed by atoms with van der Waals surface area (Å²) in [5, 5.41) is 10.6. The van der Waals surface area contributed by atoms with Gasteiger partial charge in [-0.25, -0.2) is 9.79 Å². The number of ether oxygens (including phenoxy) is 1. The number of benzene rings is 2. The number of non-ortho nitro benzene ring substituents is 1. The third-order valence-corrected chi connectivity index (χ3v) is 3.89. The Hall–Kier alpha value is -3.06. The Morgan fingerprint density at radius 1 is 1.08 bits per heavy atom. The Morgan fingerprint density at radius 2 is 1.76 bits per heavy atom. The summed E-state index contributed by atoms with van der Waals surface area (Å²) in [4.78, 5) is 26.2. The molecule has 2 aromatic carbocycles. The molecule has 25 heavy (non-hydrogen) atoms. The van der Waals surface area contributed by atoms with E-state index in [1.54, 1.807) is 36.4 Å². The van der Waals surface area contributed by atoms with E-state index in [0.29, 0.717) is 5.56 Å². The number of carbonyl (C=O) groups is 1. The first-order valence-electron chi connectivity index (χ1n) is 7.22. The van der Waals surface area contributed by atoms with Gasteiger partial charge in [-0.05, 0) is 48.0 Å². The summed E-state index contributed by atoms with van der Waals surface area (Å²) in [5.74, 6) is -0.265. The van der Waals surface area contributed by atoms with Crippen LogP contribution in [0.25, 0.3) is 6.08 Å². The van der Waals surface area contributed by atoms with Gasteiger partial charge in [-0.3, -0.25) is 10.1 Å². The van der Waals surface area contributed by atoms with Crippen LogP contribution in [-0.4, -0.2) is 16.8 Å². The fraction of sp³-hybridized carbons (Fsp3) is 0. The number of hydrogen-bond donors (Lipinski definition) is 0. The number of nitrogens with zero attached hydrogens (tertiary/aromatic N) is 2. The maximum Gasteiger partial charge on any atom is 0.363 e. The molecule has 0 spiro atoms. The van der Waals surface area contributed by atoms with E-state index in [2.05, 4.69) is 20.9 Å². The second kappa shape index (κ2) is 7.23. The minimum Gasteiger partial charge on any atom is -0.402 e. The summed E-state index contributed by atoms with van der Waals surface area (Å²) < 4.78 is 6.08. The molecule has 1 aliphatic rings. The molecule has 2 aromatic rings. The smallest absolute Gasteiger partial charge is 0.363 e. The normalized spacial score (nSPS) is 15.5. The van der Waals surface area contributed by atoms with E-state index in [0.717, 1.165) is 10.0 Å². The third-order valence-electron chi connectivity index (χ3n) is 3.36. The number of cyclic esters (lactones) is 1. The highest BCUT2D eigenvalue weighted by Crippen LogP contribution is 2.19. The lowest BCUT2D eigenvalue weighted by Gasteiger charge is -1.98. The molecule has 124 valence electrons. The number of halogens is 1. The van der Waals surface area contributed by atoms with Crippen molar-refractivity contribution in [2.75, 3.05) is 0 Å². The summed E-state index contributed by atoms with van der Waals surface area (Å²) in [6, 6.07) is 13.3. The van der Waals surface area contributed by atoms with Crippen molar-refractivity contribution < 1.29 is 14.5 Å². The number of carbonyl (C=O) groups excluding carboxylic acids is 1. The largest absolute Gasteiger partial charge is 0.402 e. The molecular weight excluding hydrogens is 388 g/mol. The van der Waals surface area contributed by atoms with Crippen LogP contribution < -0.4 is 0 Å². The molecule has 3 rings (SSSR count). The summed E-state index contributed by atoms with van der Waals surface area (Å²) >= 11 is 3.34. The lowest BCUT2D eigenvalue weighted by atomic mass is 10.2. The summed E-state index contributed by atoms with van der Waals surface area (Å²) in [6.45, 7) is 0. The van der Waals surface area contributed by atoms with Gasteiger partial charge in [0.25, 0.3) is 5.69 Å². The fourth-order valence-electron chi connectivity index (χ4n) is 2.10. The lowest BCUT2D eigenvalue weighted by molar-refractivity contribution is -0.384. The van der Waals surface area contributed by atoms with Gasteiger partial charge in [0.15, 0.2) is 5.70 Å². The topological polar surface area (TPSA) is 81.8 Å². The van der Waals surface area contributed by atoms with Crippen LogP contribution in [0, 0.1) is 10.1 Å². The minimum atomic E-state index is -0.522. The van der Waals surface area contributed by atoms with Gasteiger partial charge in [-0.1, -0.05) is 28.1 Å². The third kappa shape index (κ3) is 4.07. The number of aliphatic imine (C=N–C) groups is 1. The number of allylic oxidation sites excluding steroid dienone is 2. The van der Waals surface area contributed by atoms with Crippen molar-refractivity contribution in [2.24, 2.45) is 4.99 Å². The quantitative estimate of drug-likeness (QED) is 0.333.